The van der Waals surface area contributed by atoms with Gasteiger partial charge >= 0.3 is 0 Å². The summed E-state index contributed by atoms with van der Waals surface area (Å²) in [6.07, 6.45) is 0. The van der Waals surface area contributed by atoms with Crippen molar-refractivity contribution >= 4 is 51.4 Å². The van der Waals surface area contributed by atoms with Gasteiger partial charge in [-0.15, -0.1) is 10.2 Å². The molecule has 1 N–H and O–H groups in total. The second-order valence-electron chi connectivity index (χ2n) is 4.74. The Hall–Kier alpha value is -1.27. The van der Waals surface area contributed by atoms with Crippen molar-refractivity contribution in [3.8, 4) is 0 Å². The van der Waals surface area contributed by atoms with E-state index in [9.17, 15) is 0 Å². The summed E-state index contributed by atoms with van der Waals surface area (Å²) >= 11 is 15.3. The highest BCUT2D eigenvalue weighted by Crippen LogP contribution is 2.29. The zero-order valence-electron chi connectivity index (χ0n) is 12.0. The lowest BCUT2D eigenvalue weighted by Gasteiger charge is -2.05. The van der Waals surface area contributed by atoms with Crippen molar-refractivity contribution < 1.29 is 0 Å². The molecule has 3 nitrogen and oxygen atoms in total. The summed E-state index contributed by atoms with van der Waals surface area (Å²) in [7, 11) is 0. The predicted molar refractivity (Wildman–Crippen MR) is 99.7 cm³/mol. The number of nitrogens with zero attached hydrogens (tertiary/aromatic N) is 2. The second kappa shape index (κ2) is 8.02. The lowest BCUT2D eigenvalue weighted by atomic mass is 10.2. The van der Waals surface area contributed by atoms with Crippen molar-refractivity contribution in [2.24, 2.45) is 0 Å². The molecule has 1 aromatic heterocycles. The van der Waals surface area contributed by atoms with E-state index in [1.807, 2.05) is 30.3 Å². The van der Waals surface area contributed by atoms with E-state index in [1.54, 1.807) is 29.2 Å². The minimum absolute atomic E-state index is 0.591. The molecule has 0 atom stereocenters. The van der Waals surface area contributed by atoms with E-state index in [2.05, 4.69) is 27.6 Å². The lowest BCUT2D eigenvalue weighted by Crippen LogP contribution is -1.99. The van der Waals surface area contributed by atoms with Crippen molar-refractivity contribution in [2.45, 2.75) is 16.6 Å². The second-order valence-corrected chi connectivity index (χ2v) is 7.78. The molecule has 23 heavy (non-hydrogen) atoms. The third-order valence-electron chi connectivity index (χ3n) is 3.06. The van der Waals surface area contributed by atoms with Gasteiger partial charge in [-0.1, -0.05) is 82.7 Å². The van der Waals surface area contributed by atoms with Crippen LogP contribution in [-0.4, -0.2) is 10.2 Å². The first kappa shape index (κ1) is 16.6. The number of rotatable bonds is 6. The van der Waals surface area contributed by atoms with Gasteiger partial charge in [0.05, 0.1) is 0 Å². The number of hydrogen-bond donors (Lipinski definition) is 1. The molecule has 0 aliphatic heterocycles. The van der Waals surface area contributed by atoms with Gasteiger partial charge in [0.25, 0.3) is 0 Å². The quantitative estimate of drug-likeness (QED) is 0.551. The van der Waals surface area contributed by atoms with Crippen LogP contribution >= 0.6 is 46.3 Å². The maximum absolute atomic E-state index is 6.16. The average Bonchev–Trinajstić information content (AvgIpc) is 3.01. The summed E-state index contributed by atoms with van der Waals surface area (Å²) in [6.45, 7) is 0.591. The predicted octanol–water partition coefficient (Wildman–Crippen LogP) is 5.75. The Morgan fingerprint density at radius 3 is 2.65 bits per heavy atom. The zero-order chi connectivity index (χ0) is 16.1. The first-order valence-corrected chi connectivity index (χ1v) is 9.44. The molecule has 0 aliphatic rings. The molecule has 0 radical (unpaired) electrons. The molecule has 0 fully saturated rings. The largest absolute Gasteiger partial charge is 0.356 e. The van der Waals surface area contributed by atoms with E-state index in [4.69, 9.17) is 23.2 Å². The number of nitrogens with one attached hydrogen (secondary N) is 1. The Morgan fingerprint density at radius 1 is 1.04 bits per heavy atom. The van der Waals surface area contributed by atoms with Gasteiger partial charge in [0.1, 0.15) is 0 Å². The maximum atomic E-state index is 6.16. The molecule has 0 aliphatic carbocycles. The average molecular weight is 382 g/mol. The molecule has 0 spiro atoms. The van der Waals surface area contributed by atoms with Crippen LogP contribution in [0.1, 0.15) is 11.1 Å². The van der Waals surface area contributed by atoms with Gasteiger partial charge in [-0.25, -0.2) is 0 Å². The van der Waals surface area contributed by atoms with Crippen LogP contribution in [-0.2, 0) is 12.3 Å². The monoisotopic (exact) mass is 381 g/mol. The Morgan fingerprint density at radius 2 is 1.87 bits per heavy atom. The van der Waals surface area contributed by atoms with Crippen LogP contribution in [0.3, 0.4) is 0 Å². The van der Waals surface area contributed by atoms with Gasteiger partial charge in [0.2, 0.25) is 5.13 Å². The van der Waals surface area contributed by atoms with Crippen molar-refractivity contribution in [1.29, 1.82) is 0 Å². The minimum atomic E-state index is 0.591. The van der Waals surface area contributed by atoms with Crippen LogP contribution in [0, 0.1) is 0 Å². The summed E-state index contributed by atoms with van der Waals surface area (Å²) in [4.78, 5) is 0. The minimum Gasteiger partial charge on any atom is -0.356 e. The van der Waals surface area contributed by atoms with Crippen LogP contribution in [0.4, 0.5) is 5.13 Å². The number of benzene rings is 2. The van der Waals surface area contributed by atoms with Gasteiger partial charge in [-0.05, 0) is 23.3 Å². The van der Waals surface area contributed by atoms with Gasteiger partial charge in [0.15, 0.2) is 4.34 Å². The maximum Gasteiger partial charge on any atom is 0.206 e. The lowest BCUT2D eigenvalue weighted by molar-refractivity contribution is 0.995. The molecule has 1 heterocycles. The zero-order valence-corrected chi connectivity index (χ0v) is 15.1. The first-order chi connectivity index (χ1) is 11.2. The van der Waals surface area contributed by atoms with E-state index in [-0.39, 0.29) is 0 Å². The van der Waals surface area contributed by atoms with Gasteiger partial charge in [0, 0.05) is 22.3 Å². The third-order valence-corrected chi connectivity index (χ3v) is 5.73. The Labute approximate surface area is 153 Å². The molecule has 7 heteroatoms. The van der Waals surface area contributed by atoms with E-state index in [0.717, 1.165) is 20.8 Å². The van der Waals surface area contributed by atoms with Gasteiger partial charge in [-0.3, -0.25) is 0 Å². The standard InChI is InChI=1S/C16H13Cl2N3S2/c17-13-7-6-12(14(18)8-13)9-19-15-20-21-16(23-15)22-10-11-4-2-1-3-5-11/h1-8H,9-10H2,(H,19,20). The first-order valence-electron chi connectivity index (χ1n) is 6.89. The Kier molecular flexibility index (Phi) is 5.78. The number of hydrogen-bond acceptors (Lipinski definition) is 5. The molecule has 0 unspecified atom stereocenters. The van der Waals surface area contributed by atoms with Crippen molar-refractivity contribution in [3.63, 3.8) is 0 Å². The normalized spacial score (nSPS) is 10.7. The van der Waals surface area contributed by atoms with Crippen LogP contribution in [0.15, 0.2) is 52.9 Å². The molecule has 118 valence electrons. The topological polar surface area (TPSA) is 37.8 Å². The van der Waals surface area contributed by atoms with Crippen molar-refractivity contribution in [2.75, 3.05) is 5.32 Å². The van der Waals surface area contributed by atoms with Crippen LogP contribution in [0.2, 0.25) is 10.0 Å². The fraction of sp³-hybridized carbons (Fsp3) is 0.125. The smallest absolute Gasteiger partial charge is 0.206 e. The van der Waals surface area contributed by atoms with E-state index >= 15 is 0 Å². The third kappa shape index (κ3) is 4.85. The Bertz CT molecular complexity index is 778. The molecule has 3 rings (SSSR count). The molecule has 0 amide bonds. The SMILES string of the molecule is Clc1ccc(CNc2nnc(SCc3ccccc3)s2)c(Cl)c1. The molecule has 0 saturated carbocycles. The number of thioether (sulfide) groups is 1. The highest BCUT2D eigenvalue weighted by molar-refractivity contribution is 8.00. The molecule has 2 aromatic carbocycles. The summed E-state index contributed by atoms with van der Waals surface area (Å²) in [5, 5.41) is 13.7. The van der Waals surface area contributed by atoms with Gasteiger partial charge < -0.3 is 5.32 Å². The summed E-state index contributed by atoms with van der Waals surface area (Å²) in [5.41, 5.74) is 2.25. The van der Waals surface area contributed by atoms with Gasteiger partial charge in [-0.2, -0.15) is 0 Å². The highest BCUT2D eigenvalue weighted by Gasteiger charge is 2.06. The fourth-order valence-corrected chi connectivity index (χ4v) is 4.07. The van der Waals surface area contributed by atoms with E-state index in [0.29, 0.717) is 16.6 Å². The molecule has 3 aromatic rings. The molecule has 0 bridgehead atoms. The molecular weight excluding hydrogens is 369 g/mol. The molecular formula is C16H13Cl2N3S2. The fourth-order valence-electron chi connectivity index (χ4n) is 1.89. The van der Waals surface area contributed by atoms with Crippen LogP contribution < -0.4 is 5.32 Å². The highest BCUT2D eigenvalue weighted by atomic mass is 35.5. The van der Waals surface area contributed by atoms with Crippen LogP contribution in [0.5, 0.6) is 0 Å². The Balaban J connectivity index is 1.55. The van der Waals surface area contributed by atoms with E-state index in [1.165, 1.54) is 5.56 Å². The number of anilines is 1. The van der Waals surface area contributed by atoms with Crippen molar-refractivity contribution in [3.05, 3.63) is 69.7 Å². The number of aromatic nitrogens is 2. The van der Waals surface area contributed by atoms with Crippen LogP contribution in [0.25, 0.3) is 0 Å². The van der Waals surface area contributed by atoms with E-state index < -0.39 is 0 Å². The summed E-state index contributed by atoms with van der Waals surface area (Å²) in [6, 6.07) is 15.8. The molecule has 0 saturated heterocycles. The van der Waals surface area contributed by atoms with Crippen molar-refractivity contribution in [1.82, 2.24) is 10.2 Å². The summed E-state index contributed by atoms with van der Waals surface area (Å²) in [5.74, 6) is 0.887. The number of halogens is 2. The summed E-state index contributed by atoms with van der Waals surface area (Å²) < 4.78 is 0.943.